The SMILES string of the molecule is O=C(CCNS(=O)(=O)/C=C/c1ccccc1)NCCc1ccc(Cl)cc1Cl. The van der Waals surface area contributed by atoms with E-state index >= 15 is 0 Å². The molecular weight excluding hydrogens is 407 g/mol. The van der Waals surface area contributed by atoms with Crippen molar-refractivity contribution in [2.75, 3.05) is 13.1 Å². The maximum absolute atomic E-state index is 11.9. The molecule has 0 saturated carbocycles. The highest BCUT2D eigenvalue weighted by atomic mass is 35.5. The molecule has 2 rings (SSSR count). The fraction of sp³-hybridized carbons (Fsp3) is 0.211. The molecule has 0 aliphatic rings. The van der Waals surface area contributed by atoms with Gasteiger partial charge < -0.3 is 5.32 Å². The molecule has 0 aliphatic carbocycles. The standard InChI is InChI=1S/C19H20Cl2N2O3S/c20-17-7-6-16(18(21)14-17)8-11-22-19(24)9-12-23-27(25,26)13-10-15-4-2-1-3-5-15/h1-7,10,13-14,23H,8-9,11-12H2,(H,22,24)/b13-10+. The van der Waals surface area contributed by atoms with Crippen LogP contribution in [0, 0.1) is 0 Å². The lowest BCUT2D eigenvalue weighted by molar-refractivity contribution is -0.120. The van der Waals surface area contributed by atoms with Gasteiger partial charge in [0.15, 0.2) is 0 Å². The summed E-state index contributed by atoms with van der Waals surface area (Å²) in [4.78, 5) is 11.8. The summed E-state index contributed by atoms with van der Waals surface area (Å²) in [6.07, 6.45) is 2.11. The molecule has 0 aromatic heterocycles. The molecule has 0 fully saturated rings. The molecule has 2 aromatic rings. The minimum atomic E-state index is -3.59. The van der Waals surface area contributed by atoms with Crippen molar-refractivity contribution in [3.05, 3.63) is 75.1 Å². The first-order valence-electron chi connectivity index (χ1n) is 8.29. The molecule has 144 valence electrons. The Bertz CT molecular complexity index is 900. The second-order valence-corrected chi connectivity index (χ2v) is 8.23. The molecule has 27 heavy (non-hydrogen) atoms. The molecule has 0 unspecified atom stereocenters. The van der Waals surface area contributed by atoms with E-state index in [1.165, 1.54) is 6.08 Å². The molecule has 0 radical (unpaired) electrons. The second kappa shape index (κ2) is 10.5. The van der Waals surface area contributed by atoms with Crippen LogP contribution < -0.4 is 10.0 Å². The summed E-state index contributed by atoms with van der Waals surface area (Å²) >= 11 is 11.9. The van der Waals surface area contributed by atoms with Crippen LogP contribution in [0.3, 0.4) is 0 Å². The van der Waals surface area contributed by atoms with E-state index in [1.54, 1.807) is 24.3 Å². The van der Waals surface area contributed by atoms with E-state index < -0.39 is 10.0 Å². The third-order valence-electron chi connectivity index (χ3n) is 3.63. The summed E-state index contributed by atoms with van der Waals surface area (Å²) in [5.74, 6) is -0.241. The number of benzene rings is 2. The first kappa shape index (κ1) is 21.4. The summed E-state index contributed by atoms with van der Waals surface area (Å²) in [5, 5.41) is 4.93. The van der Waals surface area contributed by atoms with Crippen molar-refractivity contribution in [3.63, 3.8) is 0 Å². The third-order valence-corrected chi connectivity index (χ3v) is 5.31. The van der Waals surface area contributed by atoms with Crippen molar-refractivity contribution in [2.24, 2.45) is 0 Å². The quantitative estimate of drug-likeness (QED) is 0.642. The number of carbonyl (C=O) groups is 1. The number of sulfonamides is 1. The first-order valence-corrected chi connectivity index (χ1v) is 10.6. The van der Waals surface area contributed by atoms with Crippen molar-refractivity contribution in [1.82, 2.24) is 10.0 Å². The van der Waals surface area contributed by atoms with Gasteiger partial charge in [-0.3, -0.25) is 4.79 Å². The van der Waals surface area contributed by atoms with Crippen LogP contribution in [0.1, 0.15) is 17.5 Å². The zero-order valence-electron chi connectivity index (χ0n) is 14.5. The molecule has 0 heterocycles. The van der Waals surface area contributed by atoms with Crippen LogP contribution in [0.5, 0.6) is 0 Å². The average Bonchev–Trinajstić information content (AvgIpc) is 2.63. The van der Waals surface area contributed by atoms with Gasteiger partial charge in [-0.1, -0.05) is 59.6 Å². The Morgan fingerprint density at radius 3 is 2.48 bits per heavy atom. The van der Waals surface area contributed by atoms with Crippen LogP contribution in [0.2, 0.25) is 10.0 Å². The van der Waals surface area contributed by atoms with E-state index in [1.807, 2.05) is 24.3 Å². The van der Waals surface area contributed by atoms with E-state index in [4.69, 9.17) is 23.2 Å². The van der Waals surface area contributed by atoms with E-state index in [9.17, 15) is 13.2 Å². The smallest absolute Gasteiger partial charge is 0.233 e. The Labute approximate surface area is 169 Å². The van der Waals surface area contributed by atoms with Crippen LogP contribution in [0.4, 0.5) is 0 Å². The Hall–Kier alpha value is -1.86. The normalized spacial score (nSPS) is 11.6. The maximum atomic E-state index is 11.9. The summed E-state index contributed by atoms with van der Waals surface area (Å²) in [6.45, 7) is 0.426. The largest absolute Gasteiger partial charge is 0.356 e. The minimum Gasteiger partial charge on any atom is -0.356 e. The predicted octanol–water partition coefficient (Wildman–Crippen LogP) is 3.63. The van der Waals surface area contributed by atoms with Crippen LogP contribution in [0.15, 0.2) is 53.9 Å². The van der Waals surface area contributed by atoms with Crippen LogP contribution in [-0.2, 0) is 21.2 Å². The lowest BCUT2D eigenvalue weighted by Gasteiger charge is -2.07. The van der Waals surface area contributed by atoms with Gasteiger partial charge in [-0.05, 0) is 35.8 Å². The molecular formula is C19H20Cl2N2O3S. The first-order chi connectivity index (χ1) is 12.9. The van der Waals surface area contributed by atoms with E-state index in [0.717, 1.165) is 16.5 Å². The number of halogens is 2. The van der Waals surface area contributed by atoms with Gasteiger partial charge in [0.05, 0.1) is 0 Å². The van der Waals surface area contributed by atoms with Crippen molar-refractivity contribution in [3.8, 4) is 0 Å². The Morgan fingerprint density at radius 2 is 1.78 bits per heavy atom. The monoisotopic (exact) mass is 426 g/mol. The molecule has 0 spiro atoms. The Kier molecular flexibility index (Phi) is 8.31. The molecule has 8 heteroatoms. The number of hydrogen-bond acceptors (Lipinski definition) is 3. The fourth-order valence-corrected chi connectivity index (χ4v) is 3.56. The van der Waals surface area contributed by atoms with E-state index in [2.05, 4.69) is 10.0 Å². The summed E-state index contributed by atoms with van der Waals surface area (Å²) in [6, 6.07) is 14.3. The number of rotatable bonds is 9. The van der Waals surface area contributed by atoms with Gasteiger partial charge in [0.25, 0.3) is 0 Å². The summed E-state index contributed by atoms with van der Waals surface area (Å²) in [5.41, 5.74) is 1.66. The van der Waals surface area contributed by atoms with Crippen molar-refractivity contribution < 1.29 is 13.2 Å². The summed E-state index contributed by atoms with van der Waals surface area (Å²) < 4.78 is 26.2. The molecule has 5 nitrogen and oxygen atoms in total. The number of carbonyl (C=O) groups excluding carboxylic acids is 1. The summed E-state index contributed by atoms with van der Waals surface area (Å²) in [7, 11) is -3.59. The average molecular weight is 427 g/mol. The van der Waals surface area contributed by atoms with Crippen molar-refractivity contribution in [2.45, 2.75) is 12.8 Å². The highest BCUT2D eigenvalue weighted by Crippen LogP contribution is 2.21. The van der Waals surface area contributed by atoms with Crippen molar-refractivity contribution >= 4 is 45.2 Å². The van der Waals surface area contributed by atoms with Gasteiger partial charge in [0.1, 0.15) is 0 Å². The van der Waals surface area contributed by atoms with Crippen LogP contribution in [-0.4, -0.2) is 27.4 Å². The highest BCUT2D eigenvalue weighted by molar-refractivity contribution is 7.92. The van der Waals surface area contributed by atoms with Gasteiger partial charge in [0, 0.05) is 35.0 Å². The van der Waals surface area contributed by atoms with Crippen LogP contribution >= 0.6 is 23.2 Å². The number of hydrogen-bond donors (Lipinski definition) is 2. The van der Waals surface area contributed by atoms with Crippen LogP contribution in [0.25, 0.3) is 6.08 Å². The maximum Gasteiger partial charge on any atom is 0.233 e. The Balaban J connectivity index is 1.70. The topological polar surface area (TPSA) is 75.3 Å². The Morgan fingerprint density at radius 1 is 1.04 bits per heavy atom. The minimum absolute atomic E-state index is 0.0228. The zero-order chi connectivity index (χ0) is 19.7. The lowest BCUT2D eigenvalue weighted by Crippen LogP contribution is -2.31. The molecule has 0 aliphatic heterocycles. The molecule has 2 aromatic carbocycles. The van der Waals surface area contributed by atoms with Gasteiger partial charge in [-0.25, -0.2) is 13.1 Å². The van der Waals surface area contributed by atoms with Gasteiger partial charge in [-0.15, -0.1) is 0 Å². The van der Waals surface area contributed by atoms with E-state index in [0.29, 0.717) is 23.0 Å². The predicted molar refractivity (Wildman–Crippen MR) is 110 cm³/mol. The molecule has 0 saturated heterocycles. The van der Waals surface area contributed by atoms with E-state index in [-0.39, 0.29) is 18.9 Å². The molecule has 0 bridgehead atoms. The van der Waals surface area contributed by atoms with Gasteiger partial charge in [-0.2, -0.15) is 0 Å². The number of nitrogens with one attached hydrogen (secondary N) is 2. The molecule has 2 N–H and O–H groups in total. The molecule has 0 atom stereocenters. The zero-order valence-corrected chi connectivity index (χ0v) is 16.8. The van der Waals surface area contributed by atoms with Gasteiger partial charge >= 0.3 is 0 Å². The molecule has 1 amide bonds. The lowest BCUT2D eigenvalue weighted by atomic mass is 10.1. The number of amides is 1. The fourth-order valence-electron chi connectivity index (χ4n) is 2.24. The third kappa shape index (κ3) is 8.13. The van der Waals surface area contributed by atoms with Gasteiger partial charge in [0.2, 0.25) is 15.9 Å². The van der Waals surface area contributed by atoms with Crippen molar-refractivity contribution in [1.29, 1.82) is 0 Å². The highest BCUT2D eigenvalue weighted by Gasteiger charge is 2.07. The second-order valence-electron chi connectivity index (χ2n) is 5.74.